The van der Waals surface area contributed by atoms with Gasteiger partial charge >= 0.3 is 5.97 Å². The molecular formula is C15H14O4. The highest BCUT2D eigenvalue weighted by Gasteiger charge is 2.26. The lowest BCUT2D eigenvalue weighted by Gasteiger charge is -2.24. The number of benzene rings is 2. The van der Waals surface area contributed by atoms with Gasteiger partial charge in [-0.2, -0.15) is 0 Å². The molecule has 1 atom stereocenters. The average Bonchev–Trinajstić information content (AvgIpc) is 2.45. The summed E-state index contributed by atoms with van der Waals surface area (Å²) in [6, 6.07) is 9.69. The molecule has 98 valence electrons. The van der Waals surface area contributed by atoms with Crippen LogP contribution in [-0.2, 0) is 11.2 Å². The van der Waals surface area contributed by atoms with Crippen LogP contribution in [0.4, 0.5) is 0 Å². The van der Waals surface area contributed by atoms with Crippen LogP contribution >= 0.6 is 0 Å². The Morgan fingerprint density at radius 3 is 2.89 bits per heavy atom. The highest BCUT2D eigenvalue weighted by atomic mass is 16.5. The van der Waals surface area contributed by atoms with Crippen LogP contribution in [0.25, 0.3) is 10.8 Å². The third kappa shape index (κ3) is 1.99. The number of aliphatic carboxylic acids is 1. The molecule has 4 nitrogen and oxygen atoms in total. The van der Waals surface area contributed by atoms with Crippen LogP contribution in [0.3, 0.4) is 0 Å². The van der Waals surface area contributed by atoms with E-state index in [1.807, 2.05) is 30.3 Å². The fourth-order valence-corrected chi connectivity index (χ4v) is 2.47. The number of ether oxygens (including phenoxy) is 2. The summed E-state index contributed by atoms with van der Waals surface area (Å²) in [4.78, 5) is 11.1. The Bertz CT molecular complexity index is 643. The van der Waals surface area contributed by atoms with Gasteiger partial charge in [0.1, 0.15) is 18.1 Å². The molecule has 3 rings (SSSR count). The molecule has 2 aromatic rings. The minimum Gasteiger partial charge on any atom is -0.497 e. The first-order valence-corrected chi connectivity index (χ1v) is 6.14. The first-order chi connectivity index (χ1) is 9.19. The molecule has 0 spiro atoms. The van der Waals surface area contributed by atoms with Gasteiger partial charge in [0.05, 0.1) is 13.0 Å². The van der Waals surface area contributed by atoms with Crippen LogP contribution < -0.4 is 9.47 Å². The van der Waals surface area contributed by atoms with Gasteiger partial charge in [-0.25, -0.2) is 0 Å². The number of methoxy groups -OCH3 is 1. The highest BCUT2D eigenvalue weighted by molar-refractivity contribution is 5.90. The zero-order valence-corrected chi connectivity index (χ0v) is 10.6. The molecule has 0 aliphatic carbocycles. The van der Waals surface area contributed by atoms with Crippen LogP contribution in [0.2, 0.25) is 0 Å². The Labute approximate surface area is 110 Å². The van der Waals surface area contributed by atoms with Crippen molar-refractivity contribution in [3.8, 4) is 11.5 Å². The lowest BCUT2D eigenvalue weighted by Crippen LogP contribution is -2.27. The van der Waals surface area contributed by atoms with E-state index in [2.05, 4.69) is 0 Å². The van der Waals surface area contributed by atoms with Crippen LogP contribution in [0.5, 0.6) is 11.5 Å². The van der Waals surface area contributed by atoms with E-state index < -0.39 is 11.9 Å². The minimum absolute atomic E-state index is 0.234. The number of fused-ring (bicyclic) bond motifs is 3. The maximum atomic E-state index is 11.1. The third-order valence-corrected chi connectivity index (χ3v) is 3.54. The van der Waals surface area contributed by atoms with E-state index in [4.69, 9.17) is 14.6 Å². The summed E-state index contributed by atoms with van der Waals surface area (Å²) in [6.45, 7) is 0.234. The Kier molecular flexibility index (Phi) is 2.78. The summed E-state index contributed by atoms with van der Waals surface area (Å²) in [7, 11) is 1.62. The smallest absolute Gasteiger partial charge is 0.310 e. The molecule has 19 heavy (non-hydrogen) atoms. The second kappa shape index (κ2) is 4.46. The van der Waals surface area contributed by atoms with Crippen molar-refractivity contribution in [3.05, 3.63) is 35.9 Å². The summed E-state index contributed by atoms with van der Waals surface area (Å²) < 4.78 is 10.8. The van der Waals surface area contributed by atoms with E-state index in [-0.39, 0.29) is 6.61 Å². The Balaban J connectivity index is 2.15. The van der Waals surface area contributed by atoms with Crippen molar-refractivity contribution in [2.75, 3.05) is 13.7 Å². The first kappa shape index (κ1) is 11.8. The van der Waals surface area contributed by atoms with E-state index in [0.29, 0.717) is 6.42 Å². The minimum atomic E-state index is -0.814. The van der Waals surface area contributed by atoms with Gasteiger partial charge in [0, 0.05) is 5.56 Å². The van der Waals surface area contributed by atoms with Crippen LogP contribution in [-0.4, -0.2) is 24.8 Å². The van der Waals surface area contributed by atoms with Gasteiger partial charge in [-0.3, -0.25) is 4.79 Å². The molecule has 1 aliphatic heterocycles. The van der Waals surface area contributed by atoms with Crippen molar-refractivity contribution in [2.24, 2.45) is 5.92 Å². The van der Waals surface area contributed by atoms with Crippen molar-refractivity contribution in [3.63, 3.8) is 0 Å². The Morgan fingerprint density at radius 2 is 2.16 bits per heavy atom. The SMILES string of the molecule is COc1ccc2ccc3c(c2c1)CC(C(=O)O)CO3. The molecule has 0 bridgehead atoms. The summed E-state index contributed by atoms with van der Waals surface area (Å²) >= 11 is 0. The van der Waals surface area contributed by atoms with Gasteiger partial charge in [-0.1, -0.05) is 12.1 Å². The van der Waals surface area contributed by atoms with E-state index in [9.17, 15) is 4.79 Å². The molecule has 0 amide bonds. The molecule has 1 unspecified atom stereocenters. The van der Waals surface area contributed by atoms with Gasteiger partial charge in [0.25, 0.3) is 0 Å². The largest absolute Gasteiger partial charge is 0.497 e. The molecule has 0 saturated heterocycles. The van der Waals surface area contributed by atoms with Gasteiger partial charge in [0.2, 0.25) is 0 Å². The van der Waals surface area contributed by atoms with Crippen molar-refractivity contribution >= 4 is 16.7 Å². The maximum absolute atomic E-state index is 11.1. The van der Waals surface area contributed by atoms with E-state index in [1.54, 1.807) is 7.11 Å². The molecule has 0 aromatic heterocycles. The number of hydrogen-bond acceptors (Lipinski definition) is 3. The second-order valence-corrected chi connectivity index (χ2v) is 4.68. The lowest BCUT2D eigenvalue weighted by molar-refractivity contribution is -0.143. The van der Waals surface area contributed by atoms with Crippen LogP contribution in [0.15, 0.2) is 30.3 Å². The van der Waals surface area contributed by atoms with Gasteiger partial charge in [0.15, 0.2) is 0 Å². The van der Waals surface area contributed by atoms with E-state index in [0.717, 1.165) is 27.8 Å². The summed E-state index contributed by atoms with van der Waals surface area (Å²) in [5, 5.41) is 11.2. The van der Waals surface area contributed by atoms with E-state index >= 15 is 0 Å². The van der Waals surface area contributed by atoms with E-state index in [1.165, 1.54) is 0 Å². The fraction of sp³-hybridized carbons (Fsp3) is 0.267. The fourth-order valence-electron chi connectivity index (χ4n) is 2.47. The highest BCUT2D eigenvalue weighted by Crippen LogP contribution is 2.35. The Hall–Kier alpha value is -2.23. The topological polar surface area (TPSA) is 55.8 Å². The quantitative estimate of drug-likeness (QED) is 0.899. The Morgan fingerprint density at radius 1 is 1.37 bits per heavy atom. The monoisotopic (exact) mass is 258 g/mol. The molecule has 0 radical (unpaired) electrons. The van der Waals surface area contributed by atoms with Crippen molar-refractivity contribution < 1.29 is 19.4 Å². The molecule has 1 N–H and O–H groups in total. The summed E-state index contributed by atoms with van der Waals surface area (Å²) in [6.07, 6.45) is 0.495. The second-order valence-electron chi connectivity index (χ2n) is 4.68. The van der Waals surface area contributed by atoms with Gasteiger partial charge < -0.3 is 14.6 Å². The summed E-state index contributed by atoms with van der Waals surface area (Å²) in [5.41, 5.74) is 0.954. The van der Waals surface area contributed by atoms with Gasteiger partial charge in [-0.05, 0) is 35.4 Å². The normalized spacial score (nSPS) is 17.6. The van der Waals surface area contributed by atoms with Crippen molar-refractivity contribution in [2.45, 2.75) is 6.42 Å². The molecule has 0 saturated carbocycles. The molecule has 4 heteroatoms. The number of rotatable bonds is 2. The molecular weight excluding hydrogens is 244 g/mol. The predicted octanol–water partition coefficient (Wildman–Crippen LogP) is 2.48. The average molecular weight is 258 g/mol. The number of carboxylic acids is 1. The summed E-state index contributed by atoms with van der Waals surface area (Å²) in [5.74, 6) is 0.242. The molecule has 0 fully saturated rings. The first-order valence-electron chi connectivity index (χ1n) is 6.14. The molecule has 1 heterocycles. The molecule has 1 aliphatic rings. The van der Waals surface area contributed by atoms with Crippen molar-refractivity contribution in [1.82, 2.24) is 0 Å². The number of hydrogen-bond donors (Lipinski definition) is 1. The van der Waals surface area contributed by atoms with Crippen LogP contribution in [0.1, 0.15) is 5.56 Å². The maximum Gasteiger partial charge on any atom is 0.310 e. The number of carbonyl (C=O) groups is 1. The zero-order chi connectivity index (χ0) is 13.4. The standard InChI is InChI=1S/C15H14O4/c1-18-11-4-2-9-3-5-14-13(12(9)7-11)6-10(8-19-14)15(16)17/h2-5,7,10H,6,8H2,1H3,(H,16,17). The lowest BCUT2D eigenvalue weighted by atomic mass is 9.92. The molecule has 2 aromatic carbocycles. The number of carboxylic acid groups (broad SMARTS) is 1. The predicted molar refractivity (Wildman–Crippen MR) is 70.8 cm³/mol. The van der Waals surface area contributed by atoms with Gasteiger partial charge in [-0.15, -0.1) is 0 Å². The third-order valence-electron chi connectivity index (χ3n) is 3.54. The van der Waals surface area contributed by atoms with Crippen molar-refractivity contribution in [1.29, 1.82) is 0 Å². The van der Waals surface area contributed by atoms with Crippen LogP contribution in [0, 0.1) is 5.92 Å². The zero-order valence-electron chi connectivity index (χ0n) is 10.6.